The van der Waals surface area contributed by atoms with E-state index in [1.165, 1.54) is 47.1 Å². The quantitative estimate of drug-likeness (QED) is 0.316. The van der Waals surface area contributed by atoms with Crippen molar-refractivity contribution >= 4 is 27.2 Å². The third kappa shape index (κ3) is 6.31. The van der Waals surface area contributed by atoms with Gasteiger partial charge in [-0.25, -0.2) is 22.6 Å². The highest BCUT2D eigenvalue weighted by Gasteiger charge is 2.21. The van der Waals surface area contributed by atoms with Crippen LogP contribution in [0.4, 0.5) is 14.9 Å². The fourth-order valence-electron chi connectivity index (χ4n) is 3.88. The summed E-state index contributed by atoms with van der Waals surface area (Å²) < 4.78 is 43.2. The molecule has 0 spiro atoms. The first-order valence-corrected chi connectivity index (χ1v) is 13.5. The zero-order chi connectivity index (χ0) is 27.4. The van der Waals surface area contributed by atoms with Crippen LogP contribution < -0.4 is 10.6 Å². The van der Waals surface area contributed by atoms with Gasteiger partial charge in [0.2, 0.25) is 0 Å². The zero-order valence-electron chi connectivity index (χ0n) is 20.8. The number of fused-ring (bicyclic) bond motifs is 1. The third-order valence-electron chi connectivity index (χ3n) is 5.78. The number of aryl methyl sites for hydroxylation is 1. The average molecular weight is 543 g/mol. The lowest BCUT2D eigenvalue weighted by Gasteiger charge is -2.11. The van der Waals surface area contributed by atoms with Crippen molar-refractivity contribution in [1.82, 2.24) is 24.5 Å². The molecule has 0 saturated carbocycles. The molecular formula is C28H23FN6O3S. The molecule has 11 heteroatoms. The van der Waals surface area contributed by atoms with Gasteiger partial charge < -0.3 is 15.0 Å². The van der Waals surface area contributed by atoms with E-state index in [2.05, 4.69) is 32.6 Å². The van der Waals surface area contributed by atoms with E-state index in [1.807, 2.05) is 28.9 Å². The number of amides is 2. The van der Waals surface area contributed by atoms with E-state index in [1.54, 1.807) is 25.5 Å². The number of nitrogens with one attached hydrogen (secondary N) is 2. The summed E-state index contributed by atoms with van der Waals surface area (Å²) in [6.45, 7) is 0.267. The number of nitrogens with zero attached hydrogens (tertiary/aromatic N) is 4. The Bertz CT molecular complexity index is 1830. The monoisotopic (exact) mass is 542 g/mol. The molecule has 0 aliphatic rings. The van der Waals surface area contributed by atoms with Gasteiger partial charge in [0.1, 0.15) is 11.5 Å². The van der Waals surface area contributed by atoms with Crippen LogP contribution >= 0.6 is 0 Å². The number of pyridine rings is 1. The minimum absolute atomic E-state index is 0.00160. The standard InChI is InChI=1S/C28H23FN6O3S/c1-34-13-11-25(33-34)19-39(37,38)26-9-8-24(17-22(26)5-2-20-3-6-23(29)7-4-20)32-28(36)31-18-21-10-14-35-15-12-30-27(35)16-21/h3-4,6-17H,18-19H2,1H3,(H2,31,32,36). The Morgan fingerprint density at radius 3 is 2.59 bits per heavy atom. The van der Waals surface area contributed by atoms with Crippen LogP contribution in [0.25, 0.3) is 5.65 Å². The van der Waals surface area contributed by atoms with E-state index >= 15 is 0 Å². The molecule has 0 aliphatic heterocycles. The summed E-state index contributed by atoms with van der Waals surface area (Å²) in [4.78, 5) is 16.8. The second-order valence-corrected chi connectivity index (χ2v) is 10.7. The SMILES string of the molecule is Cn1ccc(CS(=O)(=O)c2ccc(NC(=O)NCc3ccn4ccnc4c3)cc2C#Cc2ccc(F)cc2)n1. The van der Waals surface area contributed by atoms with Gasteiger partial charge in [-0.15, -0.1) is 0 Å². The summed E-state index contributed by atoms with van der Waals surface area (Å²) in [6, 6.07) is 14.9. The summed E-state index contributed by atoms with van der Waals surface area (Å²) in [5, 5.41) is 9.67. The molecule has 2 aromatic carbocycles. The Kier molecular flexibility index (Phi) is 7.12. The van der Waals surface area contributed by atoms with Crippen molar-refractivity contribution in [2.24, 2.45) is 7.05 Å². The maximum absolute atomic E-state index is 13.3. The maximum atomic E-state index is 13.3. The number of hydrogen-bond donors (Lipinski definition) is 2. The molecule has 2 N–H and O–H groups in total. The van der Waals surface area contributed by atoms with E-state index in [-0.39, 0.29) is 22.8 Å². The van der Waals surface area contributed by atoms with Gasteiger partial charge in [0.15, 0.2) is 9.84 Å². The van der Waals surface area contributed by atoms with Crippen LogP contribution in [-0.4, -0.2) is 33.6 Å². The molecule has 9 nitrogen and oxygen atoms in total. The van der Waals surface area contributed by atoms with Crippen molar-refractivity contribution < 1.29 is 17.6 Å². The second kappa shape index (κ2) is 10.8. The molecule has 0 bridgehead atoms. The molecular weight excluding hydrogens is 519 g/mol. The summed E-state index contributed by atoms with van der Waals surface area (Å²) in [6.07, 6.45) is 7.04. The van der Waals surface area contributed by atoms with Gasteiger partial charge in [-0.2, -0.15) is 5.10 Å². The normalized spacial score (nSPS) is 11.1. The summed E-state index contributed by atoms with van der Waals surface area (Å²) >= 11 is 0. The first-order valence-electron chi connectivity index (χ1n) is 11.8. The van der Waals surface area contributed by atoms with Gasteiger partial charge in [0.25, 0.3) is 0 Å². The maximum Gasteiger partial charge on any atom is 0.319 e. The van der Waals surface area contributed by atoms with E-state index in [0.29, 0.717) is 16.9 Å². The van der Waals surface area contributed by atoms with Crippen LogP contribution in [0.15, 0.2) is 90.3 Å². The van der Waals surface area contributed by atoms with Crippen LogP contribution in [0.5, 0.6) is 0 Å². The number of halogens is 1. The molecule has 3 heterocycles. The summed E-state index contributed by atoms with van der Waals surface area (Å²) in [5.74, 6) is 5.03. The first kappa shape index (κ1) is 25.7. The number of imidazole rings is 1. The van der Waals surface area contributed by atoms with Crippen LogP contribution in [0.3, 0.4) is 0 Å². The Hall–Kier alpha value is -4.95. The topological polar surface area (TPSA) is 110 Å². The van der Waals surface area contributed by atoms with Crippen LogP contribution in [0.1, 0.15) is 22.4 Å². The lowest BCUT2D eigenvalue weighted by molar-refractivity contribution is 0.251. The van der Waals surface area contributed by atoms with E-state index in [0.717, 1.165) is 11.2 Å². The molecule has 3 aromatic heterocycles. The zero-order valence-corrected chi connectivity index (χ0v) is 21.6. The number of sulfone groups is 1. The van der Waals surface area contributed by atoms with Gasteiger partial charge in [-0.3, -0.25) is 4.68 Å². The van der Waals surface area contributed by atoms with Gasteiger partial charge in [-0.1, -0.05) is 11.8 Å². The molecule has 0 saturated heterocycles. The van der Waals surface area contributed by atoms with Crippen LogP contribution in [0.2, 0.25) is 0 Å². The van der Waals surface area contributed by atoms with Crippen molar-refractivity contribution in [1.29, 1.82) is 0 Å². The minimum Gasteiger partial charge on any atom is -0.334 e. The fraction of sp³-hybridized carbons (Fsp3) is 0.107. The lowest BCUT2D eigenvalue weighted by atomic mass is 10.1. The predicted molar refractivity (Wildman–Crippen MR) is 144 cm³/mol. The Morgan fingerprint density at radius 1 is 1.00 bits per heavy atom. The number of urea groups is 1. The number of carbonyl (C=O) groups excluding carboxylic acids is 1. The highest BCUT2D eigenvalue weighted by Crippen LogP contribution is 2.23. The highest BCUT2D eigenvalue weighted by atomic mass is 32.2. The van der Waals surface area contributed by atoms with Gasteiger partial charge in [0, 0.05) is 55.2 Å². The first-order chi connectivity index (χ1) is 18.7. The molecule has 0 aliphatic carbocycles. The largest absolute Gasteiger partial charge is 0.334 e. The third-order valence-corrected chi connectivity index (χ3v) is 7.48. The van der Waals surface area contributed by atoms with Crippen LogP contribution in [0, 0.1) is 17.7 Å². The molecule has 196 valence electrons. The van der Waals surface area contributed by atoms with Gasteiger partial charge in [-0.05, 0) is 66.2 Å². The smallest absolute Gasteiger partial charge is 0.319 e. The van der Waals surface area contributed by atoms with E-state index in [9.17, 15) is 17.6 Å². The average Bonchev–Trinajstić information content (AvgIpc) is 3.54. The predicted octanol–water partition coefficient (Wildman–Crippen LogP) is 3.90. The van der Waals surface area contributed by atoms with Crippen molar-refractivity contribution in [3.63, 3.8) is 0 Å². The summed E-state index contributed by atoms with van der Waals surface area (Å²) in [7, 11) is -2.12. The Morgan fingerprint density at radius 2 is 1.82 bits per heavy atom. The number of rotatable bonds is 6. The fourth-order valence-corrected chi connectivity index (χ4v) is 5.30. The lowest BCUT2D eigenvalue weighted by Crippen LogP contribution is -2.28. The Labute approximate surface area is 224 Å². The molecule has 2 amide bonds. The number of anilines is 1. The number of carbonyl (C=O) groups is 1. The number of benzene rings is 2. The summed E-state index contributed by atoms with van der Waals surface area (Å²) in [5.41, 5.74) is 3.08. The molecule has 0 atom stereocenters. The minimum atomic E-state index is -3.82. The number of aromatic nitrogens is 4. The molecule has 0 fully saturated rings. The molecule has 5 aromatic rings. The van der Waals surface area contributed by atoms with Crippen molar-refractivity contribution in [3.8, 4) is 11.8 Å². The van der Waals surface area contributed by atoms with E-state index < -0.39 is 21.7 Å². The molecule has 0 unspecified atom stereocenters. The Balaban J connectivity index is 1.38. The van der Waals surface area contributed by atoms with Gasteiger partial charge >= 0.3 is 6.03 Å². The molecule has 0 radical (unpaired) electrons. The van der Waals surface area contributed by atoms with Crippen molar-refractivity contribution in [2.45, 2.75) is 17.2 Å². The number of hydrogen-bond acceptors (Lipinski definition) is 5. The van der Waals surface area contributed by atoms with Gasteiger partial charge in [0.05, 0.1) is 16.3 Å². The van der Waals surface area contributed by atoms with Crippen molar-refractivity contribution in [3.05, 3.63) is 114 Å². The van der Waals surface area contributed by atoms with Crippen molar-refractivity contribution in [2.75, 3.05) is 5.32 Å². The second-order valence-electron chi connectivity index (χ2n) is 8.74. The highest BCUT2D eigenvalue weighted by molar-refractivity contribution is 7.90. The molecule has 5 rings (SSSR count). The van der Waals surface area contributed by atoms with E-state index in [4.69, 9.17) is 0 Å². The van der Waals surface area contributed by atoms with Crippen LogP contribution in [-0.2, 0) is 29.2 Å². The molecule has 39 heavy (non-hydrogen) atoms.